The monoisotopic (exact) mass is 415 g/mol. The highest BCUT2D eigenvalue weighted by molar-refractivity contribution is 7.88. The maximum atomic E-state index is 12.2. The average molecular weight is 416 g/mol. The Hall–Kier alpha value is -1.27. The molecule has 0 bridgehead atoms. The Bertz CT molecular complexity index is 821. The number of sulfonamides is 1. The summed E-state index contributed by atoms with van der Waals surface area (Å²) in [4.78, 5) is 0. The van der Waals surface area contributed by atoms with Crippen molar-refractivity contribution in [2.24, 2.45) is 0 Å². The van der Waals surface area contributed by atoms with Gasteiger partial charge in [-0.3, -0.25) is 0 Å². The Morgan fingerprint density at radius 2 is 1.65 bits per heavy atom. The molecule has 7 heteroatoms. The number of hydrogen-bond donors (Lipinski definition) is 1. The summed E-state index contributed by atoms with van der Waals surface area (Å²) in [6.07, 6.45) is 1.65. The fourth-order valence-corrected chi connectivity index (χ4v) is 3.92. The van der Waals surface area contributed by atoms with Gasteiger partial charge in [-0.25, -0.2) is 13.1 Å². The van der Waals surface area contributed by atoms with Gasteiger partial charge in [0.2, 0.25) is 10.0 Å². The van der Waals surface area contributed by atoms with Gasteiger partial charge < -0.3 is 4.74 Å². The zero-order valence-corrected chi connectivity index (χ0v) is 17.2. The van der Waals surface area contributed by atoms with Crippen LogP contribution >= 0.6 is 23.2 Å². The lowest BCUT2D eigenvalue weighted by Gasteiger charge is -2.10. The number of rotatable bonds is 9. The van der Waals surface area contributed by atoms with E-state index in [9.17, 15) is 8.42 Å². The summed E-state index contributed by atoms with van der Waals surface area (Å²) in [7, 11) is -3.41. The van der Waals surface area contributed by atoms with Crippen LogP contribution in [0, 0.1) is 0 Å². The van der Waals surface area contributed by atoms with Crippen LogP contribution < -0.4 is 9.46 Å². The fraction of sp³-hybridized carbons (Fsp3) is 0.368. The van der Waals surface area contributed by atoms with Gasteiger partial charge in [0.1, 0.15) is 5.75 Å². The highest BCUT2D eigenvalue weighted by Gasteiger charge is 2.12. The molecule has 2 aromatic rings. The van der Waals surface area contributed by atoms with E-state index in [1.807, 2.05) is 38.1 Å². The van der Waals surface area contributed by atoms with Crippen LogP contribution in [0.3, 0.4) is 0 Å². The Morgan fingerprint density at radius 1 is 1.00 bits per heavy atom. The average Bonchev–Trinajstić information content (AvgIpc) is 2.56. The van der Waals surface area contributed by atoms with E-state index in [1.54, 1.807) is 18.2 Å². The SMILES string of the molecule is CC(C)Oc1ccc(CCCNS(=O)(=O)Cc2ccc(Cl)c(Cl)c2)cc1. The fourth-order valence-electron chi connectivity index (χ4n) is 2.43. The van der Waals surface area contributed by atoms with Crippen LogP contribution in [0.15, 0.2) is 42.5 Å². The molecule has 0 spiro atoms. The second-order valence-corrected chi connectivity index (χ2v) is 8.94. The van der Waals surface area contributed by atoms with Crippen LogP contribution in [-0.4, -0.2) is 21.1 Å². The van der Waals surface area contributed by atoms with Gasteiger partial charge in [0.25, 0.3) is 0 Å². The second kappa shape index (κ2) is 9.60. The van der Waals surface area contributed by atoms with Gasteiger partial charge in [0, 0.05) is 6.54 Å². The van der Waals surface area contributed by atoms with E-state index in [2.05, 4.69) is 4.72 Å². The quantitative estimate of drug-likeness (QED) is 0.596. The largest absolute Gasteiger partial charge is 0.491 e. The molecule has 0 fully saturated rings. The normalized spacial score (nSPS) is 11.7. The van der Waals surface area contributed by atoms with E-state index < -0.39 is 10.0 Å². The summed E-state index contributed by atoms with van der Waals surface area (Å²) >= 11 is 11.8. The molecule has 0 atom stereocenters. The highest BCUT2D eigenvalue weighted by atomic mass is 35.5. The van der Waals surface area contributed by atoms with Gasteiger partial charge in [-0.2, -0.15) is 0 Å². The van der Waals surface area contributed by atoms with Gasteiger partial charge in [0.15, 0.2) is 0 Å². The van der Waals surface area contributed by atoms with Crippen molar-refractivity contribution in [1.82, 2.24) is 4.72 Å². The van der Waals surface area contributed by atoms with Crippen LogP contribution in [0.1, 0.15) is 31.4 Å². The van der Waals surface area contributed by atoms with Gasteiger partial charge in [0.05, 0.1) is 21.9 Å². The molecule has 0 aliphatic rings. The van der Waals surface area contributed by atoms with Crippen molar-refractivity contribution < 1.29 is 13.2 Å². The summed E-state index contributed by atoms with van der Waals surface area (Å²) in [5, 5.41) is 0.759. The second-order valence-electron chi connectivity index (χ2n) is 6.32. The number of halogens is 2. The van der Waals surface area contributed by atoms with E-state index in [1.165, 1.54) is 0 Å². The lowest BCUT2D eigenvalue weighted by Crippen LogP contribution is -2.26. The van der Waals surface area contributed by atoms with Gasteiger partial charge in [-0.1, -0.05) is 41.4 Å². The first-order chi connectivity index (χ1) is 12.2. The Labute approximate surface area is 165 Å². The van der Waals surface area contributed by atoms with E-state index in [0.717, 1.165) is 17.7 Å². The van der Waals surface area contributed by atoms with Crippen LogP contribution in [-0.2, 0) is 22.2 Å². The molecule has 0 aromatic heterocycles. The van der Waals surface area contributed by atoms with Gasteiger partial charge in [-0.15, -0.1) is 0 Å². The lowest BCUT2D eigenvalue weighted by molar-refractivity contribution is 0.242. The van der Waals surface area contributed by atoms with Crippen LogP contribution in [0.2, 0.25) is 10.0 Å². The van der Waals surface area contributed by atoms with Crippen LogP contribution in [0.4, 0.5) is 0 Å². The molecular formula is C19H23Cl2NO3S. The van der Waals surface area contributed by atoms with Gasteiger partial charge >= 0.3 is 0 Å². The Balaban J connectivity index is 1.78. The number of ether oxygens (including phenoxy) is 1. The molecule has 0 heterocycles. The van der Waals surface area contributed by atoms with Crippen LogP contribution in [0.25, 0.3) is 0 Å². The number of nitrogens with one attached hydrogen (secondary N) is 1. The van der Waals surface area contributed by atoms with E-state index in [-0.39, 0.29) is 11.9 Å². The van der Waals surface area contributed by atoms with Crippen molar-refractivity contribution in [2.45, 2.75) is 38.5 Å². The van der Waals surface area contributed by atoms with Crippen molar-refractivity contribution in [1.29, 1.82) is 0 Å². The molecule has 4 nitrogen and oxygen atoms in total. The maximum Gasteiger partial charge on any atom is 0.215 e. The molecule has 142 valence electrons. The molecule has 0 aliphatic heterocycles. The molecule has 1 N–H and O–H groups in total. The molecule has 26 heavy (non-hydrogen) atoms. The minimum Gasteiger partial charge on any atom is -0.491 e. The van der Waals surface area contributed by atoms with Gasteiger partial charge in [-0.05, 0) is 62.1 Å². The maximum absolute atomic E-state index is 12.2. The topological polar surface area (TPSA) is 55.4 Å². The third kappa shape index (κ3) is 7.16. The van der Waals surface area contributed by atoms with Crippen molar-refractivity contribution in [3.05, 3.63) is 63.6 Å². The molecule has 2 aromatic carbocycles. The van der Waals surface area contributed by atoms with Crippen LogP contribution in [0.5, 0.6) is 5.75 Å². The predicted molar refractivity (Wildman–Crippen MR) is 108 cm³/mol. The summed E-state index contributed by atoms with van der Waals surface area (Å²) in [5.74, 6) is 0.719. The van der Waals surface area contributed by atoms with Crippen molar-refractivity contribution in [2.75, 3.05) is 6.54 Å². The summed E-state index contributed by atoms with van der Waals surface area (Å²) < 4.78 is 32.5. The molecule has 0 saturated heterocycles. The molecule has 0 saturated carbocycles. The Morgan fingerprint density at radius 3 is 2.27 bits per heavy atom. The molecule has 0 amide bonds. The van der Waals surface area contributed by atoms with E-state index in [0.29, 0.717) is 28.6 Å². The molecule has 0 unspecified atom stereocenters. The number of benzene rings is 2. The minimum absolute atomic E-state index is 0.120. The molecule has 0 radical (unpaired) electrons. The number of aryl methyl sites for hydroxylation is 1. The highest BCUT2D eigenvalue weighted by Crippen LogP contribution is 2.23. The number of hydrogen-bond acceptors (Lipinski definition) is 3. The molecule has 0 aliphatic carbocycles. The third-order valence-corrected chi connectivity index (χ3v) is 5.70. The summed E-state index contributed by atoms with van der Waals surface area (Å²) in [6, 6.07) is 12.7. The first-order valence-corrected chi connectivity index (χ1v) is 10.8. The first-order valence-electron chi connectivity index (χ1n) is 8.42. The first kappa shape index (κ1) is 21.0. The lowest BCUT2D eigenvalue weighted by atomic mass is 10.1. The summed E-state index contributed by atoms with van der Waals surface area (Å²) in [6.45, 7) is 4.35. The summed E-state index contributed by atoms with van der Waals surface area (Å²) in [5.41, 5.74) is 1.75. The standard InChI is InChI=1S/C19H23Cl2NO3S/c1-14(2)25-17-8-5-15(6-9-17)4-3-11-22-26(23,24)13-16-7-10-18(20)19(21)12-16/h5-10,12,14,22H,3-4,11,13H2,1-2H3. The minimum atomic E-state index is -3.41. The van der Waals surface area contributed by atoms with E-state index in [4.69, 9.17) is 27.9 Å². The van der Waals surface area contributed by atoms with Crippen molar-refractivity contribution >= 4 is 33.2 Å². The van der Waals surface area contributed by atoms with Crippen molar-refractivity contribution in [3.63, 3.8) is 0 Å². The van der Waals surface area contributed by atoms with E-state index >= 15 is 0 Å². The predicted octanol–water partition coefficient (Wildman–Crippen LogP) is 4.83. The Kier molecular flexibility index (Phi) is 7.77. The third-order valence-electron chi connectivity index (χ3n) is 3.60. The van der Waals surface area contributed by atoms with Crippen molar-refractivity contribution in [3.8, 4) is 5.75 Å². The molecular weight excluding hydrogens is 393 g/mol. The molecule has 2 rings (SSSR count). The zero-order valence-electron chi connectivity index (χ0n) is 14.8. The zero-order chi connectivity index (χ0) is 19.2. The smallest absolute Gasteiger partial charge is 0.215 e.